The van der Waals surface area contributed by atoms with E-state index in [2.05, 4.69) is 41.0 Å². The highest BCUT2D eigenvalue weighted by molar-refractivity contribution is 5.83. The molecule has 1 aliphatic rings. The number of H-pyrrole nitrogens is 1. The van der Waals surface area contributed by atoms with E-state index in [1.165, 1.54) is 0 Å². The standard InChI is InChI=1S/C23H25N5O2/c1-26(2)14-18-15-27(11-12-30-18)17-8-9-19-20(13-17)25-23(24-19)28-21-6-4-3-5-16(21)7-10-22(28)29/h3-10,13,18H,11-12,14-15H2,1-2H3,(H,24,25). The van der Waals surface area contributed by atoms with Crippen molar-refractivity contribution in [2.24, 2.45) is 0 Å². The molecule has 7 heteroatoms. The molecule has 2 aromatic carbocycles. The van der Waals surface area contributed by atoms with Gasteiger partial charge in [-0.05, 0) is 49.8 Å². The number of hydrogen-bond acceptors (Lipinski definition) is 5. The summed E-state index contributed by atoms with van der Waals surface area (Å²) in [5.41, 5.74) is 3.62. The van der Waals surface area contributed by atoms with Gasteiger partial charge in [-0.15, -0.1) is 0 Å². The Morgan fingerprint density at radius 3 is 2.90 bits per heavy atom. The Labute approximate surface area is 174 Å². The smallest absolute Gasteiger partial charge is 0.257 e. The van der Waals surface area contributed by atoms with Crippen molar-refractivity contribution in [3.63, 3.8) is 0 Å². The number of rotatable bonds is 4. The van der Waals surface area contributed by atoms with Gasteiger partial charge in [-0.25, -0.2) is 9.55 Å². The van der Waals surface area contributed by atoms with E-state index in [4.69, 9.17) is 9.72 Å². The van der Waals surface area contributed by atoms with Crippen LogP contribution in [0, 0.1) is 0 Å². The average Bonchev–Trinajstić information content (AvgIpc) is 3.16. The van der Waals surface area contributed by atoms with Crippen LogP contribution < -0.4 is 10.5 Å². The number of para-hydroxylation sites is 1. The lowest BCUT2D eigenvalue weighted by atomic mass is 10.2. The van der Waals surface area contributed by atoms with Crippen molar-refractivity contribution in [2.75, 3.05) is 45.2 Å². The van der Waals surface area contributed by atoms with Crippen LogP contribution in [0.5, 0.6) is 0 Å². The fourth-order valence-corrected chi connectivity index (χ4v) is 4.16. The maximum absolute atomic E-state index is 12.6. The fourth-order valence-electron chi connectivity index (χ4n) is 4.16. The molecule has 0 spiro atoms. The number of likely N-dealkylation sites (N-methyl/N-ethyl adjacent to an activating group) is 1. The van der Waals surface area contributed by atoms with Gasteiger partial charge in [0.2, 0.25) is 5.95 Å². The van der Waals surface area contributed by atoms with Crippen molar-refractivity contribution in [1.82, 2.24) is 19.4 Å². The zero-order chi connectivity index (χ0) is 20.7. The number of aromatic amines is 1. The average molecular weight is 403 g/mol. The molecule has 7 nitrogen and oxygen atoms in total. The molecule has 1 unspecified atom stereocenters. The third kappa shape index (κ3) is 3.46. The number of aromatic nitrogens is 3. The first-order valence-electron chi connectivity index (χ1n) is 10.2. The summed E-state index contributed by atoms with van der Waals surface area (Å²) in [5.74, 6) is 0.538. The molecule has 3 heterocycles. The summed E-state index contributed by atoms with van der Waals surface area (Å²) >= 11 is 0. The maximum Gasteiger partial charge on any atom is 0.257 e. The van der Waals surface area contributed by atoms with Gasteiger partial charge >= 0.3 is 0 Å². The zero-order valence-corrected chi connectivity index (χ0v) is 17.2. The lowest BCUT2D eigenvalue weighted by Crippen LogP contribution is -2.46. The SMILES string of the molecule is CN(C)CC1CN(c2ccc3nc(-n4c(=O)ccc5ccccc54)[nH]c3c2)CCO1. The number of anilines is 1. The molecule has 2 aromatic heterocycles. The summed E-state index contributed by atoms with van der Waals surface area (Å²) in [6.07, 6.45) is 0.191. The zero-order valence-electron chi connectivity index (χ0n) is 17.2. The van der Waals surface area contributed by atoms with Gasteiger partial charge in [-0.1, -0.05) is 18.2 Å². The highest BCUT2D eigenvalue weighted by atomic mass is 16.5. The normalized spacial score (nSPS) is 17.3. The minimum absolute atomic E-state index is 0.104. The second-order valence-corrected chi connectivity index (χ2v) is 8.03. The van der Waals surface area contributed by atoms with E-state index in [1.54, 1.807) is 10.6 Å². The summed E-state index contributed by atoms with van der Waals surface area (Å²) in [6, 6.07) is 17.5. The molecular formula is C23H25N5O2. The highest BCUT2D eigenvalue weighted by Crippen LogP contribution is 2.24. The molecule has 154 valence electrons. The third-order valence-corrected chi connectivity index (χ3v) is 5.54. The van der Waals surface area contributed by atoms with E-state index in [0.717, 1.165) is 53.9 Å². The van der Waals surface area contributed by atoms with Crippen LogP contribution in [0.15, 0.2) is 59.4 Å². The molecule has 30 heavy (non-hydrogen) atoms. The molecule has 1 atom stereocenters. The first kappa shape index (κ1) is 18.8. The first-order chi connectivity index (χ1) is 14.6. The Kier molecular flexibility index (Phi) is 4.77. The molecule has 0 bridgehead atoms. The molecule has 4 aromatic rings. The quantitative estimate of drug-likeness (QED) is 0.567. The number of nitrogens with one attached hydrogen (secondary N) is 1. The molecule has 1 N–H and O–H groups in total. The van der Waals surface area contributed by atoms with Gasteiger partial charge in [0.05, 0.1) is 29.3 Å². The molecule has 0 aliphatic carbocycles. The molecule has 0 amide bonds. The van der Waals surface area contributed by atoms with Crippen LogP contribution in [0.3, 0.4) is 0 Å². The second-order valence-electron chi connectivity index (χ2n) is 8.03. The minimum atomic E-state index is -0.104. The van der Waals surface area contributed by atoms with Crippen molar-refractivity contribution in [1.29, 1.82) is 0 Å². The number of hydrogen-bond donors (Lipinski definition) is 1. The van der Waals surface area contributed by atoms with Crippen molar-refractivity contribution in [3.8, 4) is 5.95 Å². The Bertz CT molecular complexity index is 1260. The Morgan fingerprint density at radius 2 is 2.03 bits per heavy atom. The highest BCUT2D eigenvalue weighted by Gasteiger charge is 2.22. The van der Waals surface area contributed by atoms with Crippen molar-refractivity contribution >= 4 is 27.6 Å². The molecule has 0 radical (unpaired) electrons. The van der Waals surface area contributed by atoms with Gasteiger partial charge in [0.1, 0.15) is 0 Å². The van der Waals surface area contributed by atoms with Crippen LogP contribution in [0.2, 0.25) is 0 Å². The summed E-state index contributed by atoms with van der Waals surface area (Å²) in [7, 11) is 4.13. The third-order valence-electron chi connectivity index (χ3n) is 5.54. The molecule has 5 rings (SSSR count). The van der Waals surface area contributed by atoms with E-state index in [9.17, 15) is 4.79 Å². The molecular weight excluding hydrogens is 378 g/mol. The van der Waals surface area contributed by atoms with Crippen LogP contribution in [0.4, 0.5) is 5.69 Å². The second kappa shape index (κ2) is 7.59. The summed E-state index contributed by atoms with van der Waals surface area (Å²) in [6.45, 7) is 3.33. The number of pyridine rings is 1. The number of ether oxygens (including phenoxy) is 1. The van der Waals surface area contributed by atoms with E-state index >= 15 is 0 Å². The number of fused-ring (bicyclic) bond motifs is 2. The lowest BCUT2D eigenvalue weighted by molar-refractivity contribution is 0.0248. The topological polar surface area (TPSA) is 66.4 Å². The predicted molar refractivity (Wildman–Crippen MR) is 120 cm³/mol. The first-order valence-corrected chi connectivity index (χ1v) is 10.2. The lowest BCUT2D eigenvalue weighted by Gasteiger charge is -2.35. The summed E-state index contributed by atoms with van der Waals surface area (Å²) in [5, 5.41) is 0.999. The summed E-state index contributed by atoms with van der Waals surface area (Å²) < 4.78 is 7.54. The Hall–Kier alpha value is -3.16. The Balaban J connectivity index is 1.51. The van der Waals surface area contributed by atoms with Gasteiger partial charge in [-0.2, -0.15) is 0 Å². The monoisotopic (exact) mass is 403 g/mol. The number of imidazole rings is 1. The van der Waals surface area contributed by atoms with Gasteiger partial charge in [0, 0.05) is 31.4 Å². The molecule has 1 saturated heterocycles. The van der Waals surface area contributed by atoms with Crippen LogP contribution >= 0.6 is 0 Å². The molecule has 1 aliphatic heterocycles. The van der Waals surface area contributed by atoms with Gasteiger partial charge in [0.15, 0.2) is 0 Å². The van der Waals surface area contributed by atoms with Gasteiger partial charge in [-0.3, -0.25) is 4.79 Å². The van der Waals surface area contributed by atoms with E-state index < -0.39 is 0 Å². The van der Waals surface area contributed by atoms with E-state index in [0.29, 0.717) is 5.95 Å². The largest absolute Gasteiger partial charge is 0.373 e. The van der Waals surface area contributed by atoms with Crippen LogP contribution in [0.25, 0.3) is 27.9 Å². The van der Waals surface area contributed by atoms with Gasteiger partial charge < -0.3 is 19.5 Å². The van der Waals surface area contributed by atoms with E-state index in [1.807, 2.05) is 36.4 Å². The van der Waals surface area contributed by atoms with Crippen LogP contribution in [-0.2, 0) is 4.74 Å². The number of nitrogens with zero attached hydrogens (tertiary/aromatic N) is 4. The van der Waals surface area contributed by atoms with Crippen LogP contribution in [-0.4, -0.2) is 65.9 Å². The maximum atomic E-state index is 12.6. The number of morpholine rings is 1. The van der Waals surface area contributed by atoms with Crippen molar-refractivity contribution in [3.05, 3.63) is 65.0 Å². The van der Waals surface area contributed by atoms with E-state index in [-0.39, 0.29) is 11.7 Å². The summed E-state index contributed by atoms with van der Waals surface area (Å²) in [4.78, 5) is 25.2. The Morgan fingerprint density at radius 1 is 1.17 bits per heavy atom. The molecule has 0 saturated carbocycles. The van der Waals surface area contributed by atoms with Crippen LogP contribution in [0.1, 0.15) is 0 Å². The fraction of sp³-hybridized carbons (Fsp3) is 0.304. The van der Waals surface area contributed by atoms with Crippen molar-refractivity contribution < 1.29 is 4.74 Å². The predicted octanol–water partition coefficient (Wildman–Crippen LogP) is 2.63. The number of benzene rings is 2. The van der Waals surface area contributed by atoms with Crippen molar-refractivity contribution in [2.45, 2.75) is 6.10 Å². The molecule has 1 fully saturated rings. The minimum Gasteiger partial charge on any atom is -0.373 e. The van der Waals surface area contributed by atoms with Gasteiger partial charge in [0.25, 0.3) is 5.56 Å².